The predicted molar refractivity (Wildman–Crippen MR) is 97.1 cm³/mol. The highest BCUT2D eigenvalue weighted by Crippen LogP contribution is 2.32. The lowest BCUT2D eigenvalue weighted by Crippen LogP contribution is -1.91. The molecular formula is C21H18F2O2. The molecule has 0 radical (unpaired) electrons. The van der Waals surface area contributed by atoms with E-state index in [9.17, 15) is 8.78 Å². The van der Waals surface area contributed by atoms with Crippen LogP contribution in [0, 0.1) is 0 Å². The van der Waals surface area contributed by atoms with Gasteiger partial charge in [-0.25, -0.2) is 8.78 Å². The number of benzene rings is 3. The topological polar surface area (TPSA) is 18.5 Å². The van der Waals surface area contributed by atoms with E-state index in [1.165, 1.54) is 12.1 Å². The Kier molecular flexibility index (Phi) is 4.98. The van der Waals surface area contributed by atoms with Gasteiger partial charge in [-0.15, -0.1) is 0 Å². The summed E-state index contributed by atoms with van der Waals surface area (Å²) in [6.07, 6.45) is 0. The summed E-state index contributed by atoms with van der Waals surface area (Å²) in [7, 11) is 1.59. The molecule has 0 saturated carbocycles. The minimum Gasteiger partial charge on any atom is -0.497 e. The molecule has 3 aromatic carbocycles. The molecule has 0 saturated heterocycles. The van der Waals surface area contributed by atoms with E-state index in [4.69, 9.17) is 9.47 Å². The van der Waals surface area contributed by atoms with Gasteiger partial charge in [0.15, 0.2) is 11.7 Å². The van der Waals surface area contributed by atoms with Gasteiger partial charge in [0, 0.05) is 11.1 Å². The van der Waals surface area contributed by atoms with Crippen molar-refractivity contribution in [2.24, 2.45) is 0 Å². The van der Waals surface area contributed by atoms with Gasteiger partial charge in [-0.05, 0) is 60.2 Å². The van der Waals surface area contributed by atoms with E-state index in [0.717, 1.165) is 16.5 Å². The van der Waals surface area contributed by atoms with E-state index in [1.54, 1.807) is 43.5 Å². The zero-order chi connectivity index (χ0) is 17.8. The molecule has 0 bridgehead atoms. The van der Waals surface area contributed by atoms with Gasteiger partial charge in [0.25, 0.3) is 0 Å². The Bertz CT molecular complexity index is 915. The predicted octanol–water partition coefficient (Wildman–Crippen LogP) is 6.01. The van der Waals surface area contributed by atoms with E-state index in [1.807, 2.05) is 19.1 Å². The lowest BCUT2D eigenvalue weighted by atomic mass is 10.0. The molecular weight excluding hydrogens is 322 g/mol. The minimum absolute atomic E-state index is 0.177. The molecule has 0 aromatic heterocycles. The maximum atomic E-state index is 14.6. The number of rotatable bonds is 5. The zero-order valence-electron chi connectivity index (χ0n) is 14.1. The fourth-order valence-corrected chi connectivity index (χ4v) is 2.60. The Morgan fingerprint density at radius 1 is 0.760 bits per heavy atom. The molecule has 128 valence electrons. The van der Waals surface area contributed by atoms with Crippen molar-refractivity contribution in [2.75, 3.05) is 13.7 Å². The molecule has 0 atom stereocenters. The summed E-state index contributed by atoms with van der Waals surface area (Å²) in [6.45, 7) is 2.39. The van der Waals surface area contributed by atoms with Crippen molar-refractivity contribution in [1.82, 2.24) is 0 Å². The average molecular weight is 340 g/mol. The summed E-state index contributed by atoms with van der Waals surface area (Å²) in [5.41, 5.74) is 0.375. The summed E-state index contributed by atoms with van der Waals surface area (Å²) in [5.74, 6) is -0.436. The molecule has 0 amide bonds. The van der Waals surface area contributed by atoms with Crippen LogP contribution in [0.25, 0.3) is 22.4 Å². The first-order valence-corrected chi connectivity index (χ1v) is 7.99. The first-order valence-electron chi connectivity index (χ1n) is 7.99. The van der Waals surface area contributed by atoms with Crippen molar-refractivity contribution in [3.05, 3.63) is 71.8 Å². The highest BCUT2D eigenvalue weighted by atomic mass is 19.2. The molecule has 0 spiro atoms. The molecule has 0 aliphatic carbocycles. The smallest absolute Gasteiger partial charge is 0.166 e. The lowest BCUT2D eigenvalue weighted by molar-refractivity contribution is 0.340. The van der Waals surface area contributed by atoms with Crippen LogP contribution in [0.5, 0.6) is 11.5 Å². The second-order valence-electron chi connectivity index (χ2n) is 5.51. The monoisotopic (exact) mass is 340 g/mol. The number of ether oxygens (including phenoxy) is 2. The van der Waals surface area contributed by atoms with E-state index in [2.05, 4.69) is 0 Å². The van der Waals surface area contributed by atoms with Gasteiger partial charge in [0.1, 0.15) is 11.5 Å². The van der Waals surface area contributed by atoms with Crippen molar-refractivity contribution in [3.63, 3.8) is 0 Å². The fourth-order valence-electron chi connectivity index (χ4n) is 2.60. The highest BCUT2D eigenvalue weighted by molar-refractivity contribution is 5.90. The van der Waals surface area contributed by atoms with E-state index in [-0.39, 0.29) is 11.1 Å². The average Bonchev–Trinajstić information content (AvgIpc) is 2.67. The minimum atomic E-state index is -0.893. The first-order chi connectivity index (χ1) is 12.1. The number of methoxy groups -OCH3 is 1. The van der Waals surface area contributed by atoms with Crippen LogP contribution in [-0.2, 0) is 0 Å². The van der Waals surface area contributed by atoms with Crippen molar-refractivity contribution in [1.29, 1.82) is 0 Å². The fraction of sp³-hybridized carbons (Fsp3) is 0.143. The molecule has 0 N–H and O–H groups in total. The Hall–Kier alpha value is -2.88. The van der Waals surface area contributed by atoms with Crippen molar-refractivity contribution < 1.29 is 18.3 Å². The summed E-state index contributed by atoms with van der Waals surface area (Å²) in [5, 5.41) is 1.71. The third-order valence-corrected chi connectivity index (χ3v) is 3.91. The van der Waals surface area contributed by atoms with Gasteiger partial charge in [-0.1, -0.05) is 18.2 Å². The van der Waals surface area contributed by atoms with Crippen LogP contribution >= 0.6 is 0 Å². The van der Waals surface area contributed by atoms with Crippen LogP contribution in [0.2, 0.25) is 0 Å². The summed E-state index contributed by atoms with van der Waals surface area (Å²) in [6, 6.07) is 16.6. The summed E-state index contributed by atoms with van der Waals surface area (Å²) < 4.78 is 39.6. The van der Waals surface area contributed by atoms with Crippen LogP contribution in [0.15, 0.2) is 60.7 Å². The molecule has 2 nitrogen and oxygen atoms in total. The number of fused-ring (bicyclic) bond motifs is 1. The Morgan fingerprint density at radius 2 is 1.32 bits per heavy atom. The van der Waals surface area contributed by atoms with Gasteiger partial charge < -0.3 is 9.47 Å². The van der Waals surface area contributed by atoms with Gasteiger partial charge in [-0.3, -0.25) is 0 Å². The normalized spacial score (nSPS) is 12.0. The van der Waals surface area contributed by atoms with Crippen molar-refractivity contribution in [2.45, 2.75) is 6.92 Å². The van der Waals surface area contributed by atoms with Crippen LogP contribution in [0.4, 0.5) is 8.78 Å². The van der Waals surface area contributed by atoms with E-state index >= 15 is 0 Å². The molecule has 3 rings (SSSR count). The third kappa shape index (κ3) is 3.63. The first kappa shape index (κ1) is 17.0. The SMILES string of the molecule is CCOc1ccc(C(F)=C(F)c2ccc3cc(OC)ccc3c2)cc1. The van der Waals surface area contributed by atoms with Crippen LogP contribution in [0.1, 0.15) is 18.1 Å². The molecule has 0 aliphatic heterocycles. The van der Waals surface area contributed by atoms with Crippen LogP contribution in [-0.4, -0.2) is 13.7 Å². The molecule has 0 aliphatic rings. The summed E-state index contributed by atoms with van der Waals surface area (Å²) in [4.78, 5) is 0. The molecule has 4 heteroatoms. The Morgan fingerprint density at radius 3 is 2.00 bits per heavy atom. The maximum absolute atomic E-state index is 14.6. The van der Waals surface area contributed by atoms with E-state index < -0.39 is 11.7 Å². The molecule has 3 aromatic rings. The van der Waals surface area contributed by atoms with Gasteiger partial charge in [-0.2, -0.15) is 0 Å². The van der Waals surface area contributed by atoms with Gasteiger partial charge in [0.2, 0.25) is 0 Å². The quantitative estimate of drug-likeness (QED) is 0.529. The standard InChI is InChI=1S/C21H18F2O2/c1-3-25-18-9-6-14(7-10-18)20(22)21(23)17-5-4-16-13-19(24-2)11-8-15(16)12-17/h4-13H,3H2,1-2H3. The van der Waals surface area contributed by atoms with E-state index in [0.29, 0.717) is 12.4 Å². The highest BCUT2D eigenvalue weighted by Gasteiger charge is 2.12. The van der Waals surface area contributed by atoms with Crippen LogP contribution < -0.4 is 9.47 Å². The Balaban J connectivity index is 1.95. The third-order valence-electron chi connectivity index (χ3n) is 3.91. The second-order valence-corrected chi connectivity index (χ2v) is 5.51. The van der Waals surface area contributed by atoms with Crippen LogP contribution in [0.3, 0.4) is 0 Å². The van der Waals surface area contributed by atoms with Gasteiger partial charge >= 0.3 is 0 Å². The zero-order valence-corrected chi connectivity index (χ0v) is 14.1. The number of halogens is 2. The molecule has 0 fully saturated rings. The largest absolute Gasteiger partial charge is 0.497 e. The second kappa shape index (κ2) is 7.34. The summed E-state index contributed by atoms with van der Waals surface area (Å²) >= 11 is 0. The number of hydrogen-bond acceptors (Lipinski definition) is 2. The molecule has 0 unspecified atom stereocenters. The maximum Gasteiger partial charge on any atom is 0.166 e. The molecule has 0 heterocycles. The molecule has 25 heavy (non-hydrogen) atoms. The van der Waals surface area contributed by atoms with Crippen molar-refractivity contribution in [3.8, 4) is 11.5 Å². The van der Waals surface area contributed by atoms with Crippen molar-refractivity contribution >= 4 is 22.4 Å². The lowest BCUT2D eigenvalue weighted by Gasteiger charge is -2.07. The Labute approximate surface area is 145 Å². The van der Waals surface area contributed by atoms with Gasteiger partial charge in [0.05, 0.1) is 13.7 Å². The number of hydrogen-bond donors (Lipinski definition) is 0.